The fourth-order valence-electron chi connectivity index (χ4n) is 3.74. The van der Waals surface area contributed by atoms with E-state index in [4.69, 9.17) is 5.73 Å². The number of hydrogen-bond donors (Lipinski definition) is 1. The molecule has 12 heavy (non-hydrogen) atoms. The van der Waals surface area contributed by atoms with Gasteiger partial charge in [-0.15, -0.1) is 0 Å². The Bertz CT molecular complexity index is 162. The second-order valence-corrected chi connectivity index (χ2v) is 5.32. The van der Waals surface area contributed by atoms with Crippen LogP contribution in [0.4, 0.5) is 0 Å². The van der Waals surface area contributed by atoms with Gasteiger partial charge in [-0.05, 0) is 36.1 Å². The predicted octanol–water partition coefficient (Wildman–Crippen LogP) is 2.80. The molecule has 0 aliphatic heterocycles. The van der Waals surface area contributed by atoms with Crippen LogP contribution in [-0.4, -0.2) is 6.54 Å². The van der Waals surface area contributed by atoms with E-state index in [1.54, 1.807) is 0 Å². The van der Waals surface area contributed by atoms with Crippen LogP contribution in [0.2, 0.25) is 0 Å². The van der Waals surface area contributed by atoms with Crippen molar-refractivity contribution in [2.45, 2.75) is 47.0 Å². The molecular weight excluding hydrogens is 146 g/mol. The molecule has 0 amide bonds. The van der Waals surface area contributed by atoms with E-state index in [0.717, 1.165) is 12.5 Å². The molecule has 1 rings (SSSR count). The van der Waals surface area contributed by atoms with Gasteiger partial charge in [0.05, 0.1) is 0 Å². The van der Waals surface area contributed by atoms with E-state index in [9.17, 15) is 0 Å². The molecule has 2 atom stereocenters. The van der Waals surface area contributed by atoms with E-state index in [2.05, 4.69) is 27.7 Å². The lowest BCUT2D eigenvalue weighted by Gasteiger charge is -2.59. The fourth-order valence-corrected chi connectivity index (χ4v) is 3.74. The molecule has 0 bridgehead atoms. The van der Waals surface area contributed by atoms with Crippen molar-refractivity contribution in [2.75, 3.05) is 6.54 Å². The molecule has 1 aliphatic rings. The third-order valence-corrected chi connectivity index (χ3v) is 3.77. The van der Waals surface area contributed by atoms with E-state index in [0.29, 0.717) is 10.8 Å². The summed E-state index contributed by atoms with van der Waals surface area (Å²) in [5.41, 5.74) is 6.75. The average molecular weight is 169 g/mol. The summed E-state index contributed by atoms with van der Waals surface area (Å²) in [4.78, 5) is 0. The molecule has 1 nitrogen and oxygen atoms in total. The number of hydrogen-bond acceptors (Lipinski definition) is 1. The van der Waals surface area contributed by atoms with Gasteiger partial charge >= 0.3 is 0 Å². The van der Waals surface area contributed by atoms with Crippen LogP contribution >= 0.6 is 0 Å². The zero-order valence-electron chi connectivity index (χ0n) is 8.98. The maximum Gasteiger partial charge on any atom is -0.00720 e. The molecule has 1 heteroatoms. The lowest BCUT2D eigenvalue weighted by molar-refractivity contribution is -0.0987. The Labute approximate surface area is 76.7 Å². The van der Waals surface area contributed by atoms with Gasteiger partial charge < -0.3 is 5.73 Å². The minimum Gasteiger partial charge on any atom is -0.330 e. The van der Waals surface area contributed by atoms with E-state index in [1.807, 2.05) is 0 Å². The predicted molar refractivity (Wildman–Crippen MR) is 54.0 cm³/mol. The van der Waals surface area contributed by atoms with Crippen molar-refractivity contribution in [1.29, 1.82) is 0 Å². The third-order valence-electron chi connectivity index (χ3n) is 3.77. The number of rotatable bonds is 3. The maximum atomic E-state index is 5.63. The van der Waals surface area contributed by atoms with Gasteiger partial charge in [0.1, 0.15) is 0 Å². The van der Waals surface area contributed by atoms with Crippen LogP contribution in [0, 0.1) is 16.7 Å². The first-order valence-electron chi connectivity index (χ1n) is 5.16. The Morgan fingerprint density at radius 2 is 1.92 bits per heavy atom. The van der Waals surface area contributed by atoms with Crippen molar-refractivity contribution in [3.8, 4) is 0 Å². The Morgan fingerprint density at radius 3 is 2.25 bits per heavy atom. The second kappa shape index (κ2) is 3.02. The van der Waals surface area contributed by atoms with Gasteiger partial charge in [0.15, 0.2) is 0 Å². The van der Waals surface area contributed by atoms with Crippen molar-refractivity contribution >= 4 is 0 Å². The molecular formula is C11H23N. The highest BCUT2D eigenvalue weighted by atomic mass is 14.6. The highest BCUT2D eigenvalue weighted by molar-refractivity contribution is 5.03. The molecule has 2 N–H and O–H groups in total. The molecule has 72 valence electrons. The monoisotopic (exact) mass is 169 g/mol. The second-order valence-electron chi connectivity index (χ2n) is 5.32. The highest BCUT2D eigenvalue weighted by Gasteiger charge is 2.53. The standard InChI is InChI=1S/C11H23N/c1-5-9-10(2,3)8-11(9,4)6-7-12/h9H,5-8,12H2,1-4H3. The molecule has 1 aliphatic carbocycles. The van der Waals surface area contributed by atoms with Crippen LogP contribution in [0.3, 0.4) is 0 Å². The molecule has 1 saturated carbocycles. The van der Waals surface area contributed by atoms with Gasteiger partial charge in [0.25, 0.3) is 0 Å². The molecule has 0 aromatic heterocycles. The normalized spacial score (nSPS) is 39.2. The van der Waals surface area contributed by atoms with Crippen LogP contribution in [0.1, 0.15) is 47.0 Å². The molecule has 0 aromatic carbocycles. The van der Waals surface area contributed by atoms with Gasteiger partial charge in [-0.3, -0.25) is 0 Å². The molecule has 0 aromatic rings. The Balaban J connectivity index is 2.61. The highest BCUT2D eigenvalue weighted by Crippen LogP contribution is 2.61. The first kappa shape index (κ1) is 10.0. The largest absolute Gasteiger partial charge is 0.330 e. The summed E-state index contributed by atoms with van der Waals surface area (Å²) in [5.74, 6) is 0.883. The lowest BCUT2D eigenvalue weighted by Crippen LogP contribution is -2.52. The zero-order valence-corrected chi connectivity index (χ0v) is 8.98. The van der Waals surface area contributed by atoms with Gasteiger partial charge in [0.2, 0.25) is 0 Å². The summed E-state index contributed by atoms with van der Waals surface area (Å²) >= 11 is 0. The summed E-state index contributed by atoms with van der Waals surface area (Å²) in [7, 11) is 0. The molecule has 1 fully saturated rings. The third kappa shape index (κ3) is 1.39. The van der Waals surface area contributed by atoms with Crippen LogP contribution in [0.15, 0.2) is 0 Å². The quantitative estimate of drug-likeness (QED) is 0.690. The first-order valence-corrected chi connectivity index (χ1v) is 5.16. The van der Waals surface area contributed by atoms with E-state index in [1.165, 1.54) is 19.3 Å². The Hall–Kier alpha value is -0.0400. The maximum absolute atomic E-state index is 5.63. The fraction of sp³-hybridized carbons (Fsp3) is 1.00. The Morgan fingerprint density at radius 1 is 1.33 bits per heavy atom. The summed E-state index contributed by atoms with van der Waals surface area (Å²) in [6.07, 6.45) is 3.87. The van der Waals surface area contributed by atoms with Gasteiger partial charge in [-0.1, -0.05) is 34.1 Å². The van der Waals surface area contributed by atoms with Crippen molar-refractivity contribution in [1.82, 2.24) is 0 Å². The average Bonchev–Trinajstić information content (AvgIpc) is 1.85. The van der Waals surface area contributed by atoms with Crippen LogP contribution in [-0.2, 0) is 0 Å². The van der Waals surface area contributed by atoms with Gasteiger partial charge in [0, 0.05) is 0 Å². The molecule has 2 unspecified atom stereocenters. The zero-order chi connectivity index (χ0) is 9.41. The smallest absolute Gasteiger partial charge is 0.00720 e. The topological polar surface area (TPSA) is 26.0 Å². The van der Waals surface area contributed by atoms with E-state index in [-0.39, 0.29) is 0 Å². The first-order chi connectivity index (χ1) is 5.46. The van der Waals surface area contributed by atoms with Gasteiger partial charge in [-0.2, -0.15) is 0 Å². The minimum absolute atomic E-state index is 0.549. The molecule has 0 heterocycles. The summed E-state index contributed by atoms with van der Waals surface area (Å²) in [6.45, 7) is 10.3. The summed E-state index contributed by atoms with van der Waals surface area (Å²) in [5, 5.41) is 0. The SMILES string of the molecule is CCC1C(C)(C)CC1(C)CCN. The Kier molecular flexibility index (Phi) is 2.53. The van der Waals surface area contributed by atoms with Crippen LogP contribution < -0.4 is 5.73 Å². The van der Waals surface area contributed by atoms with E-state index >= 15 is 0 Å². The minimum atomic E-state index is 0.549. The van der Waals surface area contributed by atoms with Crippen molar-refractivity contribution < 1.29 is 0 Å². The van der Waals surface area contributed by atoms with Crippen molar-refractivity contribution in [3.63, 3.8) is 0 Å². The van der Waals surface area contributed by atoms with Crippen LogP contribution in [0.5, 0.6) is 0 Å². The molecule has 0 saturated heterocycles. The molecule has 0 spiro atoms. The molecule has 0 radical (unpaired) electrons. The number of nitrogens with two attached hydrogens (primary N) is 1. The van der Waals surface area contributed by atoms with Gasteiger partial charge in [-0.25, -0.2) is 0 Å². The van der Waals surface area contributed by atoms with E-state index < -0.39 is 0 Å². The summed E-state index contributed by atoms with van der Waals surface area (Å²) < 4.78 is 0. The lowest BCUT2D eigenvalue weighted by atomic mass is 9.45. The van der Waals surface area contributed by atoms with Crippen LogP contribution in [0.25, 0.3) is 0 Å². The summed E-state index contributed by atoms with van der Waals surface area (Å²) in [6, 6.07) is 0. The van der Waals surface area contributed by atoms with Crippen molar-refractivity contribution in [2.24, 2.45) is 22.5 Å². The van der Waals surface area contributed by atoms with Crippen molar-refractivity contribution in [3.05, 3.63) is 0 Å².